The number of sulfonamides is 1. The van der Waals surface area contributed by atoms with Crippen LogP contribution in [0.2, 0.25) is 5.02 Å². The van der Waals surface area contributed by atoms with Gasteiger partial charge in [0.2, 0.25) is 16.0 Å². The summed E-state index contributed by atoms with van der Waals surface area (Å²) in [4.78, 5) is 20.8. The Morgan fingerprint density at radius 3 is 2.81 bits per heavy atom. The maximum atomic E-state index is 15.0. The quantitative estimate of drug-likeness (QED) is 0.707. The molecule has 164 valence electrons. The van der Waals surface area contributed by atoms with E-state index in [2.05, 4.69) is 15.3 Å². The Morgan fingerprint density at radius 2 is 2.13 bits per heavy atom. The van der Waals surface area contributed by atoms with Crippen molar-refractivity contribution in [3.63, 3.8) is 0 Å². The predicted octanol–water partition coefficient (Wildman–Crippen LogP) is 1.70. The Kier molecular flexibility index (Phi) is 5.15. The Bertz CT molecular complexity index is 1190. The number of ether oxygens (including phenoxy) is 1. The number of aliphatic imine (C=N–C) groups is 1. The van der Waals surface area contributed by atoms with Gasteiger partial charge in [0.05, 0.1) is 17.7 Å². The minimum Gasteiger partial charge on any atom is -0.374 e. The first-order valence-corrected chi connectivity index (χ1v) is 11.1. The highest BCUT2D eigenvalue weighted by molar-refractivity contribution is 7.90. The Hall–Kier alpha value is -2.76. The molecule has 2 aromatic rings. The third kappa shape index (κ3) is 3.42. The van der Waals surface area contributed by atoms with E-state index >= 15 is 0 Å². The van der Waals surface area contributed by atoms with Crippen LogP contribution in [0.4, 0.5) is 10.1 Å². The molecule has 3 atom stereocenters. The van der Waals surface area contributed by atoms with E-state index in [-0.39, 0.29) is 29.5 Å². The van der Waals surface area contributed by atoms with Gasteiger partial charge in [-0.3, -0.25) is 4.79 Å². The van der Waals surface area contributed by atoms with Crippen LogP contribution < -0.4 is 11.1 Å². The average Bonchev–Trinajstić information content (AvgIpc) is 3.06. The van der Waals surface area contributed by atoms with E-state index in [4.69, 9.17) is 22.1 Å². The minimum absolute atomic E-state index is 0.0386. The van der Waals surface area contributed by atoms with Gasteiger partial charge in [0.15, 0.2) is 0 Å². The number of halogens is 2. The number of guanidine groups is 1. The van der Waals surface area contributed by atoms with Gasteiger partial charge >= 0.3 is 0 Å². The number of carbonyl (C=O) groups is 1. The van der Waals surface area contributed by atoms with Gasteiger partial charge < -0.3 is 15.8 Å². The number of carbonyl (C=O) groups excluding carboxylic acids is 1. The van der Waals surface area contributed by atoms with Crippen LogP contribution in [0.1, 0.15) is 23.0 Å². The van der Waals surface area contributed by atoms with Crippen molar-refractivity contribution in [3.8, 4) is 0 Å². The van der Waals surface area contributed by atoms with Gasteiger partial charge in [-0.15, -0.1) is 0 Å². The van der Waals surface area contributed by atoms with Gasteiger partial charge in [0.1, 0.15) is 22.3 Å². The number of pyridine rings is 1. The second-order valence-electron chi connectivity index (χ2n) is 7.35. The van der Waals surface area contributed by atoms with Gasteiger partial charge in [0.25, 0.3) is 5.91 Å². The van der Waals surface area contributed by atoms with Crippen molar-refractivity contribution < 1.29 is 22.3 Å². The summed E-state index contributed by atoms with van der Waals surface area (Å²) in [5.41, 5.74) is 4.58. The largest absolute Gasteiger partial charge is 0.374 e. The van der Waals surface area contributed by atoms with Gasteiger partial charge in [-0.2, -0.15) is 0 Å². The standard InChI is InChI=1S/C19H19ClFN5O4S/c1-10-16-19(9-30-10,25-18(22)26(2)31(16,28)29)13-7-12(4-5-14(13)21)24-17(27)15-6-3-11(20)8-23-15/h3-8,10,16H,9H2,1-2H3,(H2,22,25)(H,24,27)/t10-,16-,19+/m0/s1. The number of anilines is 1. The predicted molar refractivity (Wildman–Crippen MR) is 113 cm³/mol. The molecule has 1 amide bonds. The van der Waals surface area contributed by atoms with E-state index in [0.29, 0.717) is 5.02 Å². The summed E-state index contributed by atoms with van der Waals surface area (Å²) in [7, 11) is -2.68. The smallest absolute Gasteiger partial charge is 0.274 e. The third-order valence-electron chi connectivity index (χ3n) is 5.45. The molecule has 0 bridgehead atoms. The van der Waals surface area contributed by atoms with Crippen molar-refractivity contribution in [2.75, 3.05) is 19.0 Å². The Labute approximate surface area is 183 Å². The lowest BCUT2D eigenvalue weighted by molar-refractivity contribution is 0.102. The van der Waals surface area contributed by atoms with Gasteiger partial charge in [0, 0.05) is 24.5 Å². The number of hydrogen-bond donors (Lipinski definition) is 2. The number of fused-ring (bicyclic) bond motifs is 1. The van der Waals surface area contributed by atoms with E-state index in [9.17, 15) is 17.6 Å². The fourth-order valence-electron chi connectivity index (χ4n) is 3.91. The van der Waals surface area contributed by atoms with Crippen molar-refractivity contribution in [2.45, 2.75) is 23.8 Å². The fourth-order valence-corrected chi connectivity index (χ4v) is 5.96. The molecule has 1 saturated heterocycles. The molecule has 12 heteroatoms. The van der Waals surface area contributed by atoms with E-state index in [1.54, 1.807) is 6.92 Å². The first-order chi connectivity index (χ1) is 14.6. The fraction of sp³-hybridized carbons (Fsp3) is 0.316. The molecule has 2 aliphatic heterocycles. The van der Waals surface area contributed by atoms with E-state index in [0.717, 1.165) is 10.4 Å². The lowest BCUT2D eigenvalue weighted by Gasteiger charge is -2.39. The topological polar surface area (TPSA) is 127 Å². The molecular formula is C19H19ClFN5O4S. The first-order valence-electron chi connectivity index (χ1n) is 9.24. The molecule has 0 spiro atoms. The molecule has 2 aliphatic rings. The van der Waals surface area contributed by atoms with Crippen LogP contribution in [-0.2, 0) is 20.3 Å². The second kappa shape index (κ2) is 7.43. The molecule has 9 nitrogen and oxygen atoms in total. The number of amides is 1. The number of aromatic nitrogens is 1. The number of benzene rings is 1. The van der Waals surface area contributed by atoms with Crippen LogP contribution in [0.5, 0.6) is 0 Å². The average molecular weight is 468 g/mol. The van der Waals surface area contributed by atoms with Crippen LogP contribution in [-0.4, -0.2) is 54.6 Å². The summed E-state index contributed by atoms with van der Waals surface area (Å²) in [5.74, 6) is -1.51. The summed E-state index contributed by atoms with van der Waals surface area (Å²) in [6.45, 7) is 1.41. The van der Waals surface area contributed by atoms with Crippen LogP contribution >= 0.6 is 11.6 Å². The highest BCUT2D eigenvalue weighted by Gasteiger charge is 2.61. The van der Waals surface area contributed by atoms with Crippen molar-refractivity contribution in [2.24, 2.45) is 10.7 Å². The van der Waals surface area contributed by atoms with Crippen LogP contribution in [0, 0.1) is 5.82 Å². The molecule has 4 rings (SSSR count). The summed E-state index contributed by atoms with van der Waals surface area (Å²) in [6, 6.07) is 6.79. The lowest BCUT2D eigenvalue weighted by atomic mass is 9.86. The van der Waals surface area contributed by atoms with Gasteiger partial charge in [-0.05, 0) is 37.3 Å². The van der Waals surface area contributed by atoms with E-state index < -0.39 is 38.6 Å². The number of hydrogen-bond acceptors (Lipinski definition) is 7. The summed E-state index contributed by atoms with van der Waals surface area (Å²) >= 11 is 5.79. The van der Waals surface area contributed by atoms with E-state index in [1.165, 1.54) is 37.5 Å². The molecular weight excluding hydrogens is 449 g/mol. The van der Waals surface area contributed by atoms with Crippen LogP contribution in [0.15, 0.2) is 41.5 Å². The van der Waals surface area contributed by atoms with Crippen molar-refractivity contribution in [3.05, 3.63) is 58.6 Å². The lowest BCUT2D eigenvalue weighted by Crippen LogP contribution is -2.58. The third-order valence-corrected chi connectivity index (χ3v) is 8.04. The number of nitrogens with two attached hydrogens (primary N) is 1. The highest BCUT2D eigenvalue weighted by Crippen LogP contribution is 2.46. The molecule has 1 aromatic carbocycles. The number of nitrogens with zero attached hydrogens (tertiary/aromatic N) is 3. The van der Waals surface area contributed by atoms with Gasteiger partial charge in [-0.1, -0.05) is 11.6 Å². The summed E-state index contributed by atoms with van der Waals surface area (Å²) in [6.07, 6.45) is 0.578. The molecule has 1 fully saturated rings. The highest BCUT2D eigenvalue weighted by atomic mass is 35.5. The van der Waals surface area contributed by atoms with Crippen LogP contribution in [0.25, 0.3) is 0 Å². The molecule has 0 saturated carbocycles. The molecule has 0 aliphatic carbocycles. The maximum absolute atomic E-state index is 15.0. The summed E-state index contributed by atoms with van der Waals surface area (Å²) < 4.78 is 47.6. The van der Waals surface area contributed by atoms with Crippen LogP contribution in [0.3, 0.4) is 0 Å². The normalized spacial score (nSPS) is 26.8. The molecule has 3 N–H and O–H groups in total. The first kappa shape index (κ1) is 21.5. The number of rotatable bonds is 3. The molecule has 1 aromatic heterocycles. The zero-order valence-corrected chi connectivity index (χ0v) is 18.1. The molecule has 31 heavy (non-hydrogen) atoms. The Morgan fingerprint density at radius 1 is 1.39 bits per heavy atom. The van der Waals surface area contributed by atoms with Crippen molar-refractivity contribution >= 4 is 39.2 Å². The SMILES string of the molecule is C[C@@H]1OC[C@]2(c3cc(NC(=O)c4ccc(Cl)cn4)ccc3F)N=C(N)N(C)S(=O)(=O)[C@@H]12. The zero-order chi connectivity index (χ0) is 22.6. The molecule has 0 radical (unpaired) electrons. The van der Waals surface area contributed by atoms with Crippen molar-refractivity contribution in [1.29, 1.82) is 0 Å². The maximum Gasteiger partial charge on any atom is 0.274 e. The molecule has 3 heterocycles. The zero-order valence-electron chi connectivity index (χ0n) is 16.5. The Balaban J connectivity index is 1.77. The number of nitrogens with one attached hydrogen (secondary N) is 1. The summed E-state index contributed by atoms with van der Waals surface area (Å²) in [5, 5.41) is 1.81. The second-order valence-corrected chi connectivity index (χ2v) is 9.88. The van der Waals surface area contributed by atoms with E-state index in [1.807, 2.05) is 0 Å². The minimum atomic E-state index is -3.97. The van der Waals surface area contributed by atoms with Gasteiger partial charge in [-0.25, -0.2) is 27.1 Å². The van der Waals surface area contributed by atoms with Crippen molar-refractivity contribution in [1.82, 2.24) is 9.29 Å². The molecule has 0 unspecified atom stereocenters. The monoisotopic (exact) mass is 467 g/mol.